The van der Waals surface area contributed by atoms with E-state index in [0.29, 0.717) is 5.56 Å². The highest BCUT2D eigenvalue weighted by atomic mass is 16.4. The lowest BCUT2D eigenvalue weighted by Crippen LogP contribution is -2.55. The molecule has 0 saturated carbocycles. The summed E-state index contributed by atoms with van der Waals surface area (Å²) in [6, 6.07) is 3.36. The van der Waals surface area contributed by atoms with Crippen molar-refractivity contribution >= 4 is 5.97 Å². The normalized spacial score (nSPS) is 12.4. The molecule has 5 N–H and O–H groups in total. The molecule has 0 aliphatic rings. The molecule has 0 aliphatic heterocycles. The third-order valence-corrected chi connectivity index (χ3v) is 1.87. The fraction of sp³-hybridized carbons (Fsp3) is 0.222. The molecule has 5 heteroatoms. The van der Waals surface area contributed by atoms with E-state index in [9.17, 15) is 15.0 Å². The van der Waals surface area contributed by atoms with Gasteiger partial charge in [-0.3, -0.25) is 0 Å². The molecular formula is C9H11NO4. The number of aliphatic carboxylic acids is 1. The molecule has 0 bridgehead atoms. The van der Waals surface area contributed by atoms with Crippen LogP contribution >= 0.6 is 0 Å². The van der Waals surface area contributed by atoms with Gasteiger partial charge < -0.3 is 25.8 Å². The number of carbonyl (C=O) groups is 1. The van der Waals surface area contributed by atoms with Crippen molar-refractivity contribution in [3.05, 3.63) is 23.8 Å². The van der Waals surface area contributed by atoms with Gasteiger partial charge in [-0.15, -0.1) is 0 Å². The predicted octanol–water partition coefficient (Wildman–Crippen LogP) is -1.48. The summed E-state index contributed by atoms with van der Waals surface area (Å²) in [5, 5.41) is 28.6. The van der Waals surface area contributed by atoms with Gasteiger partial charge in [-0.05, 0) is 12.1 Å². The van der Waals surface area contributed by atoms with Gasteiger partial charge in [-0.25, -0.2) is 0 Å². The van der Waals surface area contributed by atoms with E-state index in [4.69, 9.17) is 5.11 Å². The smallest absolute Gasteiger partial charge is 0.128 e. The fourth-order valence-corrected chi connectivity index (χ4v) is 1.19. The molecule has 0 aromatic heterocycles. The zero-order valence-corrected chi connectivity index (χ0v) is 7.43. The van der Waals surface area contributed by atoms with E-state index >= 15 is 0 Å². The fourth-order valence-electron chi connectivity index (χ4n) is 1.19. The number of hydrogen-bond donors (Lipinski definition) is 3. The van der Waals surface area contributed by atoms with Gasteiger partial charge in [0.15, 0.2) is 0 Å². The summed E-state index contributed by atoms with van der Waals surface area (Å²) in [5.74, 6) is -1.46. The maximum atomic E-state index is 10.3. The number of benzene rings is 1. The Balaban J connectivity index is 2.90. The van der Waals surface area contributed by atoms with Crippen LogP contribution in [-0.4, -0.2) is 16.2 Å². The summed E-state index contributed by atoms with van der Waals surface area (Å²) in [7, 11) is 0. The van der Waals surface area contributed by atoms with E-state index in [1.165, 1.54) is 12.1 Å². The van der Waals surface area contributed by atoms with Crippen molar-refractivity contribution < 1.29 is 25.8 Å². The molecule has 1 rings (SSSR count). The second-order valence-electron chi connectivity index (χ2n) is 3.02. The number of rotatable bonds is 3. The van der Waals surface area contributed by atoms with Gasteiger partial charge in [0.05, 0.1) is 5.56 Å². The predicted molar refractivity (Wildman–Crippen MR) is 45.0 cm³/mol. The van der Waals surface area contributed by atoms with Crippen molar-refractivity contribution in [1.29, 1.82) is 0 Å². The zero-order chi connectivity index (χ0) is 10.7. The number of carboxylic acids is 1. The Kier molecular flexibility index (Phi) is 2.93. The van der Waals surface area contributed by atoms with E-state index in [-0.39, 0.29) is 17.9 Å². The Hall–Kier alpha value is -1.75. The average Bonchev–Trinajstić information content (AvgIpc) is 2.01. The van der Waals surface area contributed by atoms with Crippen LogP contribution < -0.4 is 10.8 Å². The molecule has 0 heterocycles. The van der Waals surface area contributed by atoms with Crippen molar-refractivity contribution in [2.24, 2.45) is 0 Å². The molecule has 0 saturated heterocycles. The van der Waals surface area contributed by atoms with Gasteiger partial charge in [0.25, 0.3) is 0 Å². The number of hydrogen-bond acceptors (Lipinski definition) is 4. The molecule has 1 aromatic rings. The number of phenolic OH excluding ortho intramolecular Hbond substituents is 2. The minimum atomic E-state index is -1.22. The van der Waals surface area contributed by atoms with Gasteiger partial charge in [0.1, 0.15) is 17.5 Å². The summed E-state index contributed by atoms with van der Waals surface area (Å²) in [5.41, 5.74) is 3.96. The summed E-state index contributed by atoms with van der Waals surface area (Å²) in [6.07, 6.45) is -0.266. The van der Waals surface area contributed by atoms with Gasteiger partial charge in [-0.2, -0.15) is 0 Å². The maximum Gasteiger partial charge on any atom is 0.128 e. The molecule has 0 aliphatic carbocycles. The van der Waals surface area contributed by atoms with Crippen LogP contribution in [0.4, 0.5) is 0 Å². The van der Waals surface area contributed by atoms with Crippen LogP contribution in [-0.2, 0) is 4.79 Å². The van der Waals surface area contributed by atoms with Crippen molar-refractivity contribution in [3.8, 4) is 11.5 Å². The second kappa shape index (κ2) is 3.97. The van der Waals surface area contributed by atoms with Crippen LogP contribution in [0, 0.1) is 0 Å². The van der Waals surface area contributed by atoms with Crippen molar-refractivity contribution in [2.75, 3.05) is 0 Å². The minimum absolute atomic E-state index is 0.0769. The first kappa shape index (κ1) is 10.3. The molecule has 5 nitrogen and oxygen atoms in total. The number of aromatic hydroxyl groups is 2. The van der Waals surface area contributed by atoms with Crippen LogP contribution in [0.15, 0.2) is 18.2 Å². The summed E-state index contributed by atoms with van der Waals surface area (Å²) in [4.78, 5) is 10.3. The highest BCUT2D eigenvalue weighted by Gasteiger charge is 2.14. The molecule has 1 aromatic carbocycles. The lowest BCUT2D eigenvalue weighted by Gasteiger charge is -2.11. The van der Waals surface area contributed by atoms with Crippen molar-refractivity contribution in [1.82, 2.24) is 0 Å². The van der Waals surface area contributed by atoms with Crippen LogP contribution in [0.5, 0.6) is 11.5 Å². The Labute approximate surface area is 80.4 Å². The van der Waals surface area contributed by atoms with Gasteiger partial charge in [-0.1, -0.05) is 0 Å². The first-order valence-electron chi connectivity index (χ1n) is 4.05. The largest absolute Gasteiger partial charge is 0.550 e. The highest BCUT2D eigenvalue weighted by Crippen LogP contribution is 2.27. The molecule has 0 radical (unpaired) electrons. The second-order valence-corrected chi connectivity index (χ2v) is 3.02. The van der Waals surface area contributed by atoms with E-state index in [1.807, 2.05) is 0 Å². The number of carboxylic acid groups (broad SMARTS) is 1. The van der Waals surface area contributed by atoms with Crippen LogP contribution in [0.25, 0.3) is 0 Å². The van der Waals surface area contributed by atoms with E-state index < -0.39 is 12.0 Å². The molecule has 0 fully saturated rings. The van der Waals surface area contributed by atoms with Crippen LogP contribution in [0.1, 0.15) is 18.0 Å². The lowest BCUT2D eigenvalue weighted by molar-refractivity contribution is -0.430. The average molecular weight is 197 g/mol. The van der Waals surface area contributed by atoms with Crippen LogP contribution in [0.3, 0.4) is 0 Å². The Bertz CT molecular complexity index is 351. The zero-order valence-electron chi connectivity index (χ0n) is 7.43. The molecule has 0 unspecified atom stereocenters. The van der Waals surface area contributed by atoms with Crippen molar-refractivity contribution in [3.63, 3.8) is 0 Å². The van der Waals surface area contributed by atoms with Gasteiger partial charge in [0, 0.05) is 18.5 Å². The summed E-state index contributed by atoms with van der Waals surface area (Å²) < 4.78 is 0. The van der Waals surface area contributed by atoms with Gasteiger partial charge in [0.2, 0.25) is 0 Å². The molecule has 14 heavy (non-hydrogen) atoms. The Morgan fingerprint density at radius 1 is 1.50 bits per heavy atom. The summed E-state index contributed by atoms with van der Waals surface area (Å²) in [6.45, 7) is 0. The topological polar surface area (TPSA) is 108 Å². The van der Waals surface area contributed by atoms with Crippen molar-refractivity contribution in [2.45, 2.75) is 12.5 Å². The monoisotopic (exact) mass is 197 g/mol. The molecule has 0 spiro atoms. The number of quaternary nitrogens is 1. The highest BCUT2D eigenvalue weighted by molar-refractivity contribution is 5.65. The Morgan fingerprint density at radius 3 is 2.64 bits per heavy atom. The standard InChI is InChI=1S/C9H11NO4/c10-7(4-9(13)14)6-2-1-5(11)3-8(6)12/h1-3,7,11-12H,4,10H2,(H,13,14)/t7-/m1/s1. The molecular weight excluding hydrogens is 186 g/mol. The molecule has 1 atom stereocenters. The molecule has 76 valence electrons. The van der Waals surface area contributed by atoms with E-state index in [1.54, 1.807) is 0 Å². The first-order valence-corrected chi connectivity index (χ1v) is 4.05. The van der Waals surface area contributed by atoms with Crippen LogP contribution in [0.2, 0.25) is 0 Å². The lowest BCUT2D eigenvalue weighted by atomic mass is 10.0. The van der Waals surface area contributed by atoms with Gasteiger partial charge >= 0.3 is 0 Å². The number of carbonyl (C=O) groups excluding carboxylic acids is 1. The van der Waals surface area contributed by atoms with E-state index in [2.05, 4.69) is 5.73 Å². The third kappa shape index (κ3) is 2.37. The Morgan fingerprint density at radius 2 is 2.14 bits per heavy atom. The summed E-state index contributed by atoms with van der Waals surface area (Å²) >= 11 is 0. The SMILES string of the molecule is [NH3+][C@H](CC(=O)[O-])c1ccc(O)cc1O. The quantitative estimate of drug-likeness (QED) is 0.549. The molecule has 0 amide bonds. The maximum absolute atomic E-state index is 10.3. The third-order valence-electron chi connectivity index (χ3n) is 1.87. The first-order chi connectivity index (χ1) is 6.50. The number of phenols is 2. The van der Waals surface area contributed by atoms with E-state index in [0.717, 1.165) is 6.07 Å². The minimum Gasteiger partial charge on any atom is -0.550 e.